The highest BCUT2D eigenvalue weighted by atomic mass is 35.5. The van der Waals surface area contributed by atoms with Crippen molar-refractivity contribution in [3.05, 3.63) is 40.9 Å². The van der Waals surface area contributed by atoms with E-state index in [4.69, 9.17) is 26.5 Å². The van der Waals surface area contributed by atoms with Crippen LogP contribution in [0.25, 0.3) is 22.6 Å². The monoisotopic (exact) mass is 288 g/mol. The zero-order valence-electron chi connectivity index (χ0n) is 11.1. The van der Waals surface area contributed by atoms with Gasteiger partial charge in [-0.2, -0.15) is 0 Å². The summed E-state index contributed by atoms with van der Waals surface area (Å²) in [5, 5.41) is 0.444. The molecule has 1 aromatic heterocycles. The number of hydrogen-bond donors (Lipinski definition) is 1. The number of fused-ring (bicyclic) bond motifs is 1. The van der Waals surface area contributed by atoms with Gasteiger partial charge >= 0.3 is 0 Å². The average molecular weight is 289 g/mol. The Morgan fingerprint density at radius 1 is 1.25 bits per heavy atom. The Labute approximate surface area is 121 Å². The zero-order valence-corrected chi connectivity index (χ0v) is 11.9. The number of anilines is 1. The fraction of sp³-hybridized carbons (Fsp3) is 0.133. The fourth-order valence-corrected chi connectivity index (χ4v) is 2.22. The van der Waals surface area contributed by atoms with Crippen LogP contribution < -0.4 is 10.5 Å². The minimum absolute atomic E-state index is 0.444. The van der Waals surface area contributed by atoms with Crippen LogP contribution in [0.1, 0.15) is 5.56 Å². The minimum Gasteiger partial charge on any atom is -0.496 e. The Kier molecular flexibility index (Phi) is 3.03. The molecule has 0 spiro atoms. The smallest absolute Gasteiger partial charge is 0.231 e. The molecule has 1 heterocycles. The first-order chi connectivity index (χ1) is 9.58. The zero-order chi connectivity index (χ0) is 14.3. The molecule has 0 saturated carbocycles. The van der Waals surface area contributed by atoms with Crippen molar-refractivity contribution in [3.8, 4) is 17.2 Å². The summed E-state index contributed by atoms with van der Waals surface area (Å²) in [6, 6.07) is 9.20. The molecule has 2 N–H and O–H groups in total. The number of oxazole rings is 1. The summed E-state index contributed by atoms with van der Waals surface area (Å²) in [5.41, 5.74) is 9.56. The van der Waals surface area contributed by atoms with Gasteiger partial charge in [0.15, 0.2) is 5.58 Å². The molecular weight excluding hydrogens is 276 g/mol. The van der Waals surface area contributed by atoms with Crippen LogP contribution in [-0.2, 0) is 0 Å². The maximum Gasteiger partial charge on any atom is 0.231 e. The van der Waals surface area contributed by atoms with E-state index in [2.05, 4.69) is 4.98 Å². The number of halogens is 1. The Bertz CT molecular complexity index is 796. The molecule has 102 valence electrons. The highest BCUT2D eigenvalue weighted by Crippen LogP contribution is 2.36. The van der Waals surface area contributed by atoms with E-state index in [0.29, 0.717) is 27.9 Å². The summed E-state index contributed by atoms with van der Waals surface area (Å²) in [7, 11) is 1.57. The lowest BCUT2D eigenvalue weighted by molar-refractivity contribution is 0.415. The molecule has 0 aliphatic rings. The van der Waals surface area contributed by atoms with Crippen LogP contribution in [0.3, 0.4) is 0 Å². The van der Waals surface area contributed by atoms with E-state index >= 15 is 0 Å². The number of rotatable bonds is 2. The van der Waals surface area contributed by atoms with Crippen molar-refractivity contribution < 1.29 is 9.15 Å². The van der Waals surface area contributed by atoms with Crippen molar-refractivity contribution in [2.45, 2.75) is 6.92 Å². The number of methoxy groups -OCH3 is 1. The fourth-order valence-electron chi connectivity index (χ4n) is 2.06. The molecule has 0 aliphatic carbocycles. The van der Waals surface area contributed by atoms with Gasteiger partial charge in [0.1, 0.15) is 11.3 Å². The molecule has 0 bridgehead atoms. The molecule has 0 atom stereocenters. The molecule has 2 aromatic carbocycles. The van der Waals surface area contributed by atoms with E-state index in [1.165, 1.54) is 0 Å². The lowest BCUT2D eigenvalue weighted by Gasteiger charge is -2.07. The van der Waals surface area contributed by atoms with E-state index in [9.17, 15) is 0 Å². The molecule has 0 unspecified atom stereocenters. The number of nitrogens with two attached hydrogens (primary N) is 1. The van der Waals surface area contributed by atoms with Gasteiger partial charge in [0.05, 0.1) is 23.4 Å². The molecule has 20 heavy (non-hydrogen) atoms. The van der Waals surface area contributed by atoms with E-state index in [1.54, 1.807) is 19.2 Å². The van der Waals surface area contributed by atoms with Crippen molar-refractivity contribution >= 4 is 28.4 Å². The highest BCUT2D eigenvalue weighted by molar-refractivity contribution is 6.33. The van der Waals surface area contributed by atoms with Gasteiger partial charge in [-0.1, -0.05) is 17.7 Å². The number of nitrogens with zero attached hydrogens (tertiary/aromatic N) is 1. The van der Waals surface area contributed by atoms with Crippen LogP contribution in [0.15, 0.2) is 34.7 Å². The number of nitrogen functional groups attached to an aromatic ring is 1. The van der Waals surface area contributed by atoms with Gasteiger partial charge in [0, 0.05) is 6.07 Å². The number of hydrogen-bond acceptors (Lipinski definition) is 4. The summed E-state index contributed by atoms with van der Waals surface area (Å²) < 4.78 is 11.1. The molecule has 0 fully saturated rings. The lowest BCUT2D eigenvalue weighted by atomic mass is 10.2. The van der Waals surface area contributed by atoms with Gasteiger partial charge in [-0.3, -0.25) is 0 Å². The minimum atomic E-state index is 0.444. The number of aromatic nitrogens is 1. The van der Waals surface area contributed by atoms with Crippen LogP contribution in [0, 0.1) is 6.92 Å². The predicted octanol–water partition coefficient (Wildman–Crippen LogP) is 4.05. The summed E-state index contributed by atoms with van der Waals surface area (Å²) in [5.74, 6) is 1.04. The molecule has 0 saturated heterocycles. The first-order valence-electron chi connectivity index (χ1n) is 6.09. The van der Waals surface area contributed by atoms with Crippen molar-refractivity contribution in [1.29, 1.82) is 0 Å². The maximum atomic E-state index is 6.07. The van der Waals surface area contributed by atoms with Gasteiger partial charge in [-0.15, -0.1) is 0 Å². The summed E-state index contributed by atoms with van der Waals surface area (Å²) in [6.45, 7) is 2.01. The Hall–Kier alpha value is -2.20. The SMILES string of the molecule is COc1cc(N)c(Cl)cc1-c1nc2cc(C)ccc2o1. The molecule has 3 rings (SSSR count). The number of aryl methyl sites for hydroxylation is 1. The second-order valence-electron chi connectivity index (χ2n) is 4.56. The van der Waals surface area contributed by atoms with Crippen LogP contribution in [-0.4, -0.2) is 12.1 Å². The summed E-state index contributed by atoms with van der Waals surface area (Å²) >= 11 is 6.07. The summed E-state index contributed by atoms with van der Waals surface area (Å²) in [6.07, 6.45) is 0. The largest absolute Gasteiger partial charge is 0.496 e. The third kappa shape index (κ3) is 2.08. The lowest BCUT2D eigenvalue weighted by Crippen LogP contribution is -1.93. The molecule has 4 nitrogen and oxygen atoms in total. The van der Waals surface area contributed by atoms with Crippen molar-refractivity contribution in [2.75, 3.05) is 12.8 Å². The maximum absolute atomic E-state index is 6.07. The van der Waals surface area contributed by atoms with Crippen LogP contribution in [0.5, 0.6) is 5.75 Å². The van der Waals surface area contributed by atoms with Crippen molar-refractivity contribution in [1.82, 2.24) is 4.98 Å². The van der Waals surface area contributed by atoms with E-state index in [0.717, 1.165) is 16.7 Å². The topological polar surface area (TPSA) is 61.3 Å². The Morgan fingerprint density at radius 2 is 2.05 bits per heavy atom. The van der Waals surface area contributed by atoms with Gasteiger partial charge in [-0.25, -0.2) is 4.98 Å². The van der Waals surface area contributed by atoms with Gasteiger partial charge in [0.2, 0.25) is 5.89 Å². The van der Waals surface area contributed by atoms with Gasteiger partial charge < -0.3 is 14.9 Å². The van der Waals surface area contributed by atoms with Gasteiger partial charge in [0.25, 0.3) is 0 Å². The molecule has 0 radical (unpaired) electrons. The molecule has 5 heteroatoms. The first kappa shape index (κ1) is 12.8. The van der Waals surface area contributed by atoms with E-state index < -0.39 is 0 Å². The Morgan fingerprint density at radius 3 is 2.80 bits per heavy atom. The number of ether oxygens (including phenoxy) is 1. The molecule has 0 aliphatic heterocycles. The second-order valence-corrected chi connectivity index (χ2v) is 4.97. The van der Waals surface area contributed by atoms with Gasteiger partial charge in [-0.05, 0) is 30.7 Å². The molecular formula is C15H13ClN2O2. The third-order valence-electron chi connectivity index (χ3n) is 3.09. The second kappa shape index (κ2) is 4.72. The summed E-state index contributed by atoms with van der Waals surface area (Å²) in [4.78, 5) is 4.48. The molecule has 3 aromatic rings. The number of benzene rings is 2. The standard InChI is InChI=1S/C15H13ClN2O2/c1-8-3-4-13-12(5-8)18-15(20-13)9-6-10(16)11(17)7-14(9)19-2/h3-7H,17H2,1-2H3. The van der Waals surface area contributed by atoms with E-state index in [1.807, 2.05) is 25.1 Å². The van der Waals surface area contributed by atoms with Crippen LogP contribution >= 0.6 is 11.6 Å². The van der Waals surface area contributed by atoms with Crippen molar-refractivity contribution in [2.24, 2.45) is 0 Å². The normalized spacial score (nSPS) is 10.9. The van der Waals surface area contributed by atoms with Crippen LogP contribution in [0.4, 0.5) is 5.69 Å². The Balaban J connectivity index is 2.22. The third-order valence-corrected chi connectivity index (χ3v) is 3.42. The molecule has 0 amide bonds. The van der Waals surface area contributed by atoms with Crippen LogP contribution in [0.2, 0.25) is 5.02 Å². The van der Waals surface area contributed by atoms with E-state index in [-0.39, 0.29) is 0 Å². The quantitative estimate of drug-likeness (QED) is 0.723. The average Bonchev–Trinajstić information content (AvgIpc) is 2.84. The highest BCUT2D eigenvalue weighted by Gasteiger charge is 2.15. The predicted molar refractivity (Wildman–Crippen MR) is 80.2 cm³/mol. The first-order valence-corrected chi connectivity index (χ1v) is 6.47. The van der Waals surface area contributed by atoms with Crippen molar-refractivity contribution in [3.63, 3.8) is 0 Å².